The van der Waals surface area contributed by atoms with Gasteiger partial charge in [0.05, 0.1) is 0 Å². The summed E-state index contributed by atoms with van der Waals surface area (Å²) in [6.07, 6.45) is 5.34. The van der Waals surface area contributed by atoms with Gasteiger partial charge in [-0.15, -0.1) is 11.3 Å². The van der Waals surface area contributed by atoms with E-state index < -0.39 is 29.9 Å². The molecular weight excluding hydrogens is 564 g/mol. The quantitative estimate of drug-likeness (QED) is 0.178. The zero-order chi connectivity index (χ0) is 29.4. The van der Waals surface area contributed by atoms with Gasteiger partial charge in [0.1, 0.15) is 30.5 Å². The van der Waals surface area contributed by atoms with E-state index in [-0.39, 0.29) is 46.6 Å². The number of allylic oxidation sites excluding steroid dienone is 1. The summed E-state index contributed by atoms with van der Waals surface area (Å²) in [5.41, 5.74) is 6.56. The number of aliphatic carboxylic acids is 1. The van der Waals surface area contributed by atoms with Gasteiger partial charge in [-0.3, -0.25) is 19.3 Å². The average molecular weight is 593 g/mol. The van der Waals surface area contributed by atoms with Gasteiger partial charge < -0.3 is 30.6 Å². The molecular formula is C28H28N6O7S. The van der Waals surface area contributed by atoms with Crippen LogP contribution in [0.25, 0.3) is 0 Å². The minimum absolute atomic E-state index is 0.0831. The molecule has 1 aliphatic carbocycles. The van der Waals surface area contributed by atoms with Crippen LogP contribution in [-0.2, 0) is 28.8 Å². The molecule has 0 spiro atoms. The number of anilines is 2. The maximum Gasteiger partial charge on any atom is 0.356 e. The van der Waals surface area contributed by atoms with E-state index in [2.05, 4.69) is 15.5 Å². The molecule has 3 amide bonds. The van der Waals surface area contributed by atoms with E-state index in [0.29, 0.717) is 18.5 Å². The average Bonchev–Trinajstić information content (AvgIpc) is 3.74. The Morgan fingerprint density at radius 2 is 1.98 bits per heavy atom. The number of nitrogen functional groups attached to an aromatic ring is 1. The minimum atomic E-state index is -1.39. The minimum Gasteiger partial charge on any atom is -0.489 e. The lowest BCUT2D eigenvalue weighted by atomic mass is 9.92. The number of carbonyl (C=O) groups excluding carboxylic acids is 3. The summed E-state index contributed by atoms with van der Waals surface area (Å²) in [7, 11) is 0. The van der Waals surface area contributed by atoms with E-state index in [1.807, 2.05) is 30.3 Å². The number of carboxylic acid groups (broad SMARTS) is 1. The van der Waals surface area contributed by atoms with Crippen molar-refractivity contribution in [2.75, 3.05) is 23.8 Å². The van der Waals surface area contributed by atoms with Gasteiger partial charge >= 0.3 is 5.97 Å². The highest BCUT2D eigenvalue weighted by molar-refractivity contribution is 7.13. The monoisotopic (exact) mass is 592 g/mol. The number of ether oxygens (including phenoxy) is 1. The van der Waals surface area contributed by atoms with Crippen LogP contribution in [0.15, 0.2) is 64.0 Å². The number of carboxylic acids is 1. The second kappa shape index (κ2) is 11.3. The van der Waals surface area contributed by atoms with E-state index in [1.54, 1.807) is 10.3 Å². The number of benzene rings is 1. The van der Waals surface area contributed by atoms with Gasteiger partial charge in [-0.2, -0.15) is 0 Å². The van der Waals surface area contributed by atoms with Crippen LogP contribution in [0.5, 0.6) is 0 Å². The molecule has 14 heteroatoms. The van der Waals surface area contributed by atoms with Crippen molar-refractivity contribution < 1.29 is 33.9 Å². The molecule has 13 nitrogen and oxygen atoms in total. The number of nitrogens with two attached hydrogens (primary N) is 1. The maximum absolute atomic E-state index is 13.3. The van der Waals surface area contributed by atoms with Gasteiger partial charge in [0.25, 0.3) is 17.7 Å². The van der Waals surface area contributed by atoms with Crippen LogP contribution in [0, 0.1) is 0 Å². The van der Waals surface area contributed by atoms with E-state index in [0.717, 1.165) is 47.6 Å². The number of rotatable bonds is 8. The molecule has 2 aromatic rings. The molecule has 0 bridgehead atoms. The molecule has 4 heterocycles. The normalized spacial score (nSPS) is 23.6. The summed E-state index contributed by atoms with van der Waals surface area (Å²) < 4.78 is 5.78. The Bertz CT molecular complexity index is 1530. The van der Waals surface area contributed by atoms with E-state index >= 15 is 0 Å². The highest BCUT2D eigenvalue weighted by Gasteiger charge is 2.55. The first-order valence-electron chi connectivity index (χ1n) is 13.6. The highest BCUT2D eigenvalue weighted by Crippen LogP contribution is 2.35. The third-order valence-corrected chi connectivity index (χ3v) is 8.34. The fraction of sp³-hybridized carbons (Fsp3) is 0.357. The number of para-hydroxylation sites is 1. The molecule has 3 aliphatic heterocycles. The second-order valence-corrected chi connectivity index (χ2v) is 11.2. The van der Waals surface area contributed by atoms with Crippen molar-refractivity contribution >= 4 is 51.6 Å². The molecule has 2 atom stereocenters. The summed E-state index contributed by atoms with van der Waals surface area (Å²) in [5.74, 6) is -3.07. The van der Waals surface area contributed by atoms with E-state index in [9.17, 15) is 24.3 Å². The van der Waals surface area contributed by atoms with Crippen molar-refractivity contribution in [3.05, 3.63) is 64.5 Å². The largest absolute Gasteiger partial charge is 0.489 e. The Hall–Kier alpha value is -4.72. The third-order valence-electron chi connectivity index (χ3n) is 7.67. The van der Waals surface area contributed by atoms with Crippen LogP contribution in [0.1, 0.15) is 37.8 Å². The van der Waals surface area contributed by atoms with Crippen LogP contribution >= 0.6 is 11.3 Å². The predicted molar refractivity (Wildman–Crippen MR) is 151 cm³/mol. The van der Waals surface area contributed by atoms with Gasteiger partial charge in [-0.25, -0.2) is 9.78 Å². The van der Waals surface area contributed by atoms with Crippen LogP contribution in [0.4, 0.5) is 10.8 Å². The smallest absolute Gasteiger partial charge is 0.356 e. The molecule has 1 aromatic heterocycles. The van der Waals surface area contributed by atoms with Gasteiger partial charge in [0.15, 0.2) is 22.3 Å². The Labute approximate surface area is 244 Å². The standard InChI is InChI=1S/C28H28N6O7S/c29-28-30-18(14-42-28)21(32-41-17-8-4-5-9-17)24(35)31-22-19-13-40-20(23(27(38)39)34(19)26(22)37)12-15-10-11-33(25(15)36)16-6-2-1-3-7-16/h1-3,6-7,12,14,17,19,22H,4-5,8-11,13H2,(H2,29,30)(H,31,35)(H,38,39)/t19-,22+/m1/s1. The molecule has 2 saturated heterocycles. The zero-order valence-electron chi connectivity index (χ0n) is 22.4. The lowest BCUT2D eigenvalue weighted by Gasteiger charge is -2.49. The number of nitrogens with zero attached hydrogens (tertiary/aromatic N) is 4. The Kier molecular flexibility index (Phi) is 7.37. The number of β-lactam (4-membered cyclic amide) rings is 1. The number of oxime groups is 1. The van der Waals surface area contributed by atoms with Gasteiger partial charge in [-0.1, -0.05) is 23.4 Å². The third kappa shape index (κ3) is 5.09. The lowest BCUT2D eigenvalue weighted by molar-refractivity contribution is -0.159. The van der Waals surface area contributed by atoms with Crippen LogP contribution in [0.2, 0.25) is 0 Å². The molecule has 1 aromatic carbocycles. The summed E-state index contributed by atoms with van der Waals surface area (Å²) >= 11 is 1.13. The molecule has 4 aliphatic rings. The van der Waals surface area contributed by atoms with E-state index in [4.69, 9.17) is 15.3 Å². The topological polar surface area (TPSA) is 177 Å². The highest BCUT2D eigenvalue weighted by atomic mass is 32.1. The second-order valence-electron chi connectivity index (χ2n) is 10.3. The predicted octanol–water partition coefficient (Wildman–Crippen LogP) is 1.77. The number of hydrogen-bond acceptors (Lipinski definition) is 10. The maximum atomic E-state index is 13.3. The van der Waals surface area contributed by atoms with E-state index in [1.165, 1.54) is 6.08 Å². The molecule has 0 unspecified atom stereocenters. The number of thiazole rings is 1. The summed E-state index contributed by atoms with van der Waals surface area (Å²) in [6.45, 7) is 0.348. The molecule has 218 valence electrons. The SMILES string of the molecule is Nc1nc(C(=NOC2CCCC2)C(=O)N[C@@H]2C(=O)N3C(C(=O)O)=C(C=C4CCN(c5ccccc5)C4=O)OC[C@H]23)cs1. The first-order chi connectivity index (χ1) is 20.3. The number of fused-ring (bicyclic) bond motifs is 1. The Balaban J connectivity index is 1.20. The first-order valence-corrected chi connectivity index (χ1v) is 14.5. The molecule has 6 rings (SSSR count). The fourth-order valence-corrected chi connectivity index (χ4v) is 6.07. The van der Waals surface area contributed by atoms with Crippen LogP contribution < -0.4 is 16.0 Å². The Morgan fingerprint density at radius 3 is 2.67 bits per heavy atom. The number of aromatic nitrogens is 1. The summed E-state index contributed by atoms with van der Waals surface area (Å²) in [6, 6.07) is 7.31. The fourth-order valence-electron chi connectivity index (χ4n) is 5.52. The summed E-state index contributed by atoms with van der Waals surface area (Å²) in [5, 5.41) is 18.5. The van der Waals surface area contributed by atoms with Crippen LogP contribution in [-0.4, -0.2) is 75.7 Å². The van der Waals surface area contributed by atoms with Crippen molar-refractivity contribution in [3.8, 4) is 0 Å². The molecule has 1 saturated carbocycles. The number of nitrogens with one attached hydrogen (secondary N) is 1. The van der Waals surface area contributed by atoms with Crippen molar-refractivity contribution in [1.82, 2.24) is 15.2 Å². The van der Waals surface area contributed by atoms with Crippen LogP contribution in [0.3, 0.4) is 0 Å². The first kappa shape index (κ1) is 27.4. The zero-order valence-corrected chi connectivity index (χ0v) is 23.2. The molecule has 4 N–H and O–H groups in total. The molecule has 0 radical (unpaired) electrons. The summed E-state index contributed by atoms with van der Waals surface area (Å²) in [4.78, 5) is 64.2. The van der Waals surface area contributed by atoms with Gasteiger partial charge in [0, 0.05) is 23.2 Å². The lowest BCUT2D eigenvalue weighted by Crippen LogP contribution is -2.73. The van der Waals surface area contributed by atoms with Crippen molar-refractivity contribution in [1.29, 1.82) is 0 Å². The van der Waals surface area contributed by atoms with Crippen molar-refractivity contribution in [2.24, 2.45) is 5.16 Å². The number of carbonyl (C=O) groups is 4. The molecule has 42 heavy (non-hydrogen) atoms. The Morgan fingerprint density at radius 1 is 1.21 bits per heavy atom. The van der Waals surface area contributed by atoms with Gasteiger partial charge in [-0.05, 0) is 50.3 Å². The number of hydrogen-bond donors (Lipinski definition) is 3. The number of amides is 3. The molecule has 3 fully saturated rings. The van der Waals surface area contributed by atoms with Crippen molar-refractivity contribution in [2.45, 2.75) is 50.3 Å². The van der Waals surface area contributed by atoms with Gasteiger partial charge in [0.2, 0.25) is 0 Å². The van der Waals surface area contributed by atoms with Crippen molar-refractivity contribution in [3.63, 3.8) is 0 Å².